The van der Waals surface area contributed by atoms with Gasteiger partial charge in [0.05, 0.1) is 24.7 Å². The first-order valence-corrected chi connectivity index (χ1v) is 9.73. The fourth-order valence-corrected chi connectivity index (χ4v) is 3.56. The number of fused-ring (bicyclic) bond motifs is 1. The van der Waals surface area contributed by atoms with Gasteiger partial charge in [0.25, 0.3) is 5.56 Å². The van der Waals surface area contributed by atoms with Crippen molar-refractivity contribution in [1.82, 2.24) is 15.2 Å². The molecule has 1 heterocycles. The van der Waals surface area contributed by atoms with Crippen LogP contribution in [0.15, 0.2) is 59.4 Å². The maximum Gasteiger partial charge on any atom is 0.253 e. The number of nitrogens with zero attached hydrogens (tertiary/aromatic N) is 1. The molecule has 2 aromatic carbocycles. The van der Waals surface area contributed by atoms with Crippen LogP contribution < -0.4 is 10.9 Å². The van der Waals surface area contributed by atoms with Crippen LogP contribution in [0.2, 0.25) is 0 Å². The van der Waals surface area contributed by atoms with E-state index in [9.17, 15) is 9.90 Å². The summed E-state index contributed by atoms with van der Waals surface area (Å²) in [6.45, 7) is 4.63. The maximum atomic E-state index is 12.6. The van der Waals surface area contributed by atoms with Gasteiger partial charge < -0.3 is 20.3 Å². The second-order valence-corrected chi connectivity index (χ2v) is 7.28. The molecule has 0 aliphatic carbocycles. The lowest BCUT2D eigenvalue weighted by molar-refractivity contribution is 0.244. The molecule has 1 atom stereocenters. The molecule has 0 aliphatic rings. The lowest BCUT2D eigenvalue weighted by Gasteiger charge is -2.27. The van der Waals surface area contributed by atoms with Gasteiger partial charge in [-0.15, -0.1) is 0 Å². The second-order valence-electron chi connectivity index (χ2n) is 6.89. The average Bonchev–Trinajstić information content (AvgIpc) is 2.69. The molecular weight excluding hydrogens is 370 g/mol. The number of aromatic nitrogens is 1. The lowest BCUT2D eigenvalue weighted by atomic mass is 10.1. The Hall–Kier alpha value is -2.70. The quantitative estimate of drug-likeness (QED) is 0.559. The molecule has 0 spiro atoms. The molecule has 0 amide bonds. The van der Waals surface area contributed by atoms with Gasteiger partial charge in [0.2, 0.25) is 0 Å². The van der Waals surface area contributed by atoms with Crippen molar-refractivity contribution in [3.05, 3.63) is 81.6 Å². The zero-order valence-electron chi connectivity index (χ0n) is 16.1. The monoisotopic (exact) mass is 395 g/mol. The number of aliphatic hydroxyl groups is 1. The molecule has 5 nitrogen and oxygen atoms in total. The summed E-state index contributed by atoms with van der Waals surface area (Å²) in [5.74, 6) is 0. The van der Waals surface area contributed by atoms with E-state index in [1.54, 1.807) is 0 Å². The van der Waals surface area contributed by atoms with Crippen LogP contribution in [0.25, 0.3) is 10.9 Å². The van der Waals surface area contributed by atoms with Gasteiger partial charge in [-0.1, -0.05) is 48.5 Å². The molecule has 6 heteroatoms. The van der Waals surface area contributed by atoms with Crippen molar-refractivity contribution < 1.29 is 5.11 Å². The molecule has 0 radical (unpaired) electrons. The Morgan fingerprint density at radius 2 is 1.96 bits per heavy atom. The first-order chi connectivity index (χ1) is 13.5. The van der Waals surface area contributed by atoms with Crippen LogP contribution in [0.3, 0.4) is 0 Å². The fraction of sp³-hybridized carbons (Fsp3) is 0.273. The SMILES string of the molecule is Cc1cccc2cc(CN(CCO)C(=S)NC(C)c3ccccc3)c(=O)[nH]c12. The normalized spacial score (nSPS) is 12.0. The summed E-state index contributed by atoms with van der Waals surface area (Å²) < 4.78 is 0. The van der Waals surface area contributed by atoms with Crippen molar-refractivity contribution in [2.75, 3.05) is 13.2 Å². The summed E-state index contributed by atoms with van der Waals surface area (Å²) >= 11 is 5.57. The van der Waals surface area contributed by atoms with Crippen molar-refractivity contribution in [3.8, 4) is 0 Å². The summed E-state index contributed by atoms with van der Waals surface area (Å²) in [5, 5.41) is 14.3. The van der Waals surface area contributed by atoms with Crippen molar-refractivity contribution in [2.24, 2.45) is 0 Å². The van der Waals surface area contributed by atoms with E-state index in [1.807, 2.05) is 73.3 Å². The van der Waals surface area contributed by atoms with Crippen molar-refractivity contribution in [3.63, 3.8) is 0 Å². The van der Waals surface area contributed by atoms with E-state index in [2.05, 4.69) is 10.3 Å². The smallest absolute Gasteiger partial charge is 0.253 e. The van der Waals surface area contributed by atoms with Crippen molar-refractivity contribution in [1.29, 1.82) is 0 Å². The highest BCUT2D eigenvalue weighted by atomic mass is 32.1. The number of para-hydroxylation sites is 1. The highest BCUT2D eigenvalue weighted by Gasteiger charge is 2.15. The predicted molar refractivity (Wildman–Crippen MR) is 117 cm³/mol. The van der Waals surface area contributed by atoms with Gasteiger partial charge in [-0.05, 0) is 48.6 Å². The molecule has 3 rings (SSSR count). The van der Waals surface area contributed by atoms with E-state index in [0.717, 1.165) is 22.0 Å². The Balaban J connectivity index is 1.81. The number of thiocarbonyl (C=S) groups is 1. The van der Waals surface area contributed by atoms with E-state index < -0.39 is 0 Å². The number of aromatic amines is 1. The molecular formula is C22H25N3O2S. The maximum absolute atomic E-state index is 12.6. The van der Waals surface area contributed by atoms with Crippen LogP contribution in [0.4, 0.5) is 0 Å². The Morgan fingerprint density at radius 3 is 2.68 bits per heavy atom. The summed E-state index contributed by atoms with van der Waals surface area (Å²) in [7, 11) is 0. The summed E-state index contributed by atoms with van der Waals surface area (Å²) in [6, 6.07) is 17.9. The highest BCUT2D eigenvalue weighted by Crippen LogP contribution is 2.16. The summed E-state index contributed by atoms with van der Waals surface area (Å²) in [5.41, 5.74) is 3.48. The number of H-pyrrole nitrogens is 1. The number of hydrogen-bond acceptors (Lipinski definition) is 3. The summed E-state index contributed by atoms with van der Waals surface area (Å²) in [6.07, 6.45) is 0. The highest BCUT2D eigenvalue weighted by molar-refractivity contribution is 7.80. The molecule has 0 bridgehead atoms. The molecule has 146 valence electrons. The Morgan fingerprint density at radius 1 is 1.21 bits per heavy atom. The zero-order valence-corrected chi connectivity index (χ0v) is 16.9. The second kappa shape index (κ2) is 8.99. The molecule has 3 N–H and O–H groups in total. The Kier molecular flexibility index (Phi) is 6.44. The van der Waals surface area contributed by atoms with E-state index >= 15 is 0 Å². The van der Waals surface area contributed by atoms with Crippen LogP contribution in [-0.2, 0) is 6.54 Å². The molecule has 1 unspecified atom stereocenters. The fourth-order valence-electron chi connectivity index (χ4n) is 3.23. The van der Waals surface area contributed by atoms with E-state index in [4.69, 9.17) is 12.2 Å². The molecule has 3 aromatic rings. The van der Waals surface area contributed by atoms with Crippen LogP contribution in [-0.4, -0.2) is 33.3 Å². The average molecular weight is 396 g/mol. The first kappa shape index (κ1) is 20.0. The van der Waals surface area contributed by atoms with Crippen LogP contribution >= 0.6 is 12.2 Å². The molecule has 0 saturated carbocycles. The molecule has 0 aliphatic heterocycles. The van der Waals surface area contributed by atoms with Gasteiger partial charge in [-0.3, -0.25) is 4.79 Å². The number of aliphatic hydroxyl groups excluding tert-OH is 1. The van der Waals surface area contributed by atoms with Crippen LogP contribution in [0, 0.1) is 6.92 Å². The molecule has 0 saturated heterocycles. The topological polar surface area (TPSA) is 68.4 Å². The van der Waals surface area contributed by atoms with Crippen LogP contribution in [0.5, 0.6) is 0 Å². The van der Waals surface area contributed by atoms with E-state index in [0.29, 0.717) is 23.8 Å². The molecule has 0 fully saturated rings. The minimum Gasteiger partial charge on any atom is -0.395 e. The number of hydrogen-bond donors (Lipinski definition) is 3. The number of rotatable bonds is 6. The standard InChI is InChI=1S/C22H25N3O2S/c1-15-7-6-10-18-13-19(21(27)24-20(15)18)14-25(11-12-26)22(28)23-16(2)17-8-4-3-5-9-17/h3-10,13,16,26H,11-12,14H2,1-2H3,(H,23,28)(H,24,27). The number of benzene rings is 2. The van der Waals surface area contributed by atoms with Gasteiger partial charge in [-0.2, -0.15) is 0 Å². The third-order valence-corrected chi connectivity index (χ3v) is 5.20. The number of aryl methyl sites for hydroxylation is 1. The Labute approximate surface area is 170 Å². The minimum absolute atomic E-state index is 0.0208. The third-order valence-electron chi connectivity index (χ3n) is 4.82. The van der Waals surface area contributed by atoms with Crippen LogP contribution in [0.1, 0.15) is 29.7 Å². The first-order valence-electron chi connectivity index (χ1n) is 9.32. The zero-order chi connectivity index (χ0) is 20.1. The third kappa shape index (κ3) is 4.58. The largest absolute Gasteiger partial charge is 0.395 e. The number of pyridine rings is 1. The number of nitrogens with one attached hydrogen (secondary N) is 2. The lowest BCUT2D eigenvalue weighted by Crippen LogP contribution is -2.42. The van der Waals surface area contributed by atoms with E-state index in [1.165, 1.54) is 0 Å². The van der Waals surface area contributed by atoms with Gasteiger partial charge in [0, 0.05) is 12.1 Å². The minimum atomic E-state index is -0.136. The molecule has 28 heavy (non-hydrogen) atoms. The van der Waals surface area contributed by atoms with Crippen molar-refractivity contribution >= 4 is 28.2 Å². The van der Waals surface area contributed by atoms with Gasteiger partial charge in [0.1, 0.15) is 0 Å². The summed E-state index contributed by atoms with van der Waals surface area (Å²) in [4.78, 5) is 17.4. The van der Waals surface area contributed by atoms with Gasteiger partial charge in [-0.25, -0.2) is 0 Å². The predicted octanol–water partition coefficient (Wildman–Crippen LogP) is 3.27. The molecule has 1 aromatic heterocycles. The van der Waals surface area contributed by atoms with E-state index in [-0.39, 0.29) is 18.2 Å². The van der Waals surface area contributed by atoms with Gasteiger partial charge >= 0.3 is 0 Å². The Bertz CT molecular complexity index is 1020. The van der Waals surface area contributed by atoms with Crippen molar-refractivity contribution in [2.45, 2.75) is 26.4 Å². The van der Waals surface area contributed by atoms with Gasteiger partial charge in [0.15, 0.2) is 5.11 Å².